The molecule has 0 radical (unpaired) electrons. The second-order valence-corrected chi connectivity index (χ2v) is 4.29. The second kappa shape index (κ2) is 4.56. The molecule has 4 heteroatoms. The van der Waals surface area contributed by atoms with Crippen molar-refractivity contribution in [2.75, 3.05) is 11.9 Å². The molecule has 1 aromatic heterocycles. The number of aryl methyl sites for hydroxylation is 2. The first kappa shape index (κ1) is 12.2. The van der Waals surface area contributed by atoms with Gasteiger partial charge in [0.25, 0.3) is 0 Å². The lowest BCUT2D eigenvalue weighted by atomic mass is 10.1. The molecule has 94 valence electrons. The Bertz CT molecular complexity index is 586. The fourth-order valence-corrected chi connectivity index (χ4v) is 1.92. The third-order valence-electron chi connectivity index (χ3n) is 2.85. The van der Waals surface area contributed by atoms with E-state index in [1.807, 2.05) is 37.9 Å². The lowest BCUT2D eigenvalue weighted by Crippen LogP contribution is -2.10. The smallest absolute Gasteiger partial charge is 0.371 e. The van der Waals surface area contributed by atoms with Crippen LogP contribution in [0, 0.1) is 13.8 Å². The number of rotatable bonds is 3. The molecular weight excluding hydrogens is 230 g/mol. The average molecular weight is 245 g/mol. The lowest BCUT2D eigenvalue weighted by Gasteiger charge is -2.18. The van der Waals surface area contributed by atoms with E-state index in [1.54, 1.807) is 6.07 Å². The minimum absolute atomic E-state index is 0.0541. The number of carboxylic acid groups (broad SMARTS) is 1. The first-order valence-corrected chi connectivity index (χ1v) is 5.63. The van der Waals surface area contributed by atoms with Crippen molar-refractivity contribution in [2.24, 2.45) is 0 Å². The van der Waals surface area contributed by atoms with Crippen molar-refractivity contribution in [2.45, 2.75) is 13.8 Å². The van der Waals surface area contributed by atoms with Gasteiger partial charge in [-0.05, 0) is 31.5 Å². The molecule has 0 fully saturated rings. The van der Waals surface area contributed by atoms with Crippen molar-refractivity contribution in [3.63, 3.8) is 0 Å². The summed E-state index contributed by atoms with van der Waals surface area (Å²) in [6.07, 6.45) is 0. The van der Waals surface area contributed by atoms with Crippen LogP contribution in [0.2, 0.25) is 0 Å². The number of aromatic carboxylic acids is 1. The Balaban J connectivity index is 2.35. The quantitative estimate of drug-likeness (QED) is 0.900. The van der Waals surface area contributed by atoms with E-state index in [0.29, 0.717) is 5.88 Å². The largest absolute Gasteiger partial charge is 0.475 e. The summed E-state index contributed by atoms with van der Waals surface area (Å²) < 4.78 is 5.27. The minimum atomic E-state index is -1.06. The zero-order valence-electron chi connectivity index (χ0n) is 10.6. The molecule has 2 rings (SSSR count). The van der Waals surface area contributed by atoms with Crippen molar-refractivity contribution in [1.82, 2.24) is 0 Å². The molecular formula is C14H15NO3. The van der Waals surface area contributed by atoms with Gasteiger partial charge in [-0.2, -0.15) is 0 Å². The average Bonchev–Trinajstić information content (AvgIpc) is 2.77. The normalized spacial score (nSPS) is 10.4. The highest BCUT2D eigenvalue weighted by Gasteiger charge is 2.14. The summed E-state index contributed by atoms with van der Waals surface area (Å²) in [5.74, 6) is -0.601. The first-order valence-electron chi connectivity index (χ1n) is 5.63. The number of carbonyl (C=O) groups is 1. The van der Waals surface area contributed by atoms with Crippen molar-refractivity contribution in [3.8, 4) is 0 Å². The first-order chi connectivity index (χ1) is 8.49. The molecule has 1 aromatic carbocycles. The maximum Gasteiger partial charge on any atom is 0.371 e. The van der Waals surface area contributed by atoms with Gasteiger partial charge < -0.3 is 14.4 Å². The molecule has 0 saturated heterocycles. The summed E-state index contributed by atoms with van der Waals surface area (Å²) in [6, 6.07) is 9.20. The fraction of sp³-hybridized carbons (Fsp3) is 0.214. The summed E-state index contributed by atoms with van der Waals surface area (Å²) >= 11 is 0. The molecule has 0 spiro atoms. The van der Waals surface area contributed by atoms with Gasteiger partial charge in [-0.3, -0.25) is 0 Å². The highest BCUT2D eigenvalue weighted by atomic mass is 16.4. The standard InChI is InChI=1S/C14H15NO3/c1-9-4-5-11(10(2)8-9)15(3)13-7-6-12(18-13)14(16)17/h4-8H,1-3H3,(H,16,17). The zero-order chi connectivity index (χ0) is 13.3. The van der Waals surface area contributed by atoms with E-state index in [4.69, 9.17) is 9.52 Å². The minimum Gasteiger partial charge on any atom is -0.475 e. The molecule has 0 aliphatic carbocycles. The van der Waals surface area contributed by atoms with Gasteiger partial charge in [0.2, 0.25) is 11.6 Å². The molecule has 1 heterocycles. The fourth-order valence-electron chi connectivity index (χ4n) is 1.92. The van der Waals surface area contributed by atoms with Crippen LogP contribution in [0.3, 0.4) is 0 Å². The van der Waals surface area contributed by atoms with Crippen LogP contribution >= 0.6 is 0 Å². The van der Waals surface area contributed by atoms with Crippen LogP contribution in [0.15, 0.2) is 34.7 Å². The molecule has 0 aliphatic heterocycles. The molecule has 0 unspecified atom stereocenters. The zero-order valence-corrected chi connectivity index (χ0v) is 10.6. The van der Waals surface area contributed by atoms with E-state index in [9.17, 15) is 4.79 Å². The van der Waals surface area contributed by atoms with E-state index in [-0.39, 0.29) is 5.76 Å². The number of carboxylic acids is 1. The molecule has 18 heavy (non-hydrogen) atoms. The van der Waals surface area contributed by atoms with E-state index < -0.39 is 5.97 Å². The molecule has 1 N–H and O–H groups in total. The maximum absolute atomic E-state index is 10.8. The Morgan fingerprint density at radius 2 is 1.94 bits per heavy atom. The molecule has 0 amide bonds. The Labute approximate surface area is 105 Å². The topological polar surface area (TPSA) is 53.7 Å². The monoisotopic (exact) mass is 245 g/mol. The molecule has 0 saturated carbocycles. The Morgan fingerprint density at radius 1 is 1.22 bits per heavy atom. The van der Waals surface area contributed by atoms with Gasteiger partial charge in [-0.15, -0.1) is 0 Å². The highest BCUT2D eigenvalue weighted by molar-refractivity contribution is 5.85. The number of benzene rings is 1. The molecule has 4 nitrogen and oxygen atoms in total. The van der Waals surface area contributed by atoms with Gasteiger partial charge in [0.15, 0.2) is 0 Å². The summed E-state index contributed by atoms with van der Waals surface area (Å²) in [5.41, 5.74) is 3.30. The Kier molecular flexibility index (Phi) is 3.10. The predicted octanol–water partition coefficient (Wildman–Crippen LogP) is 3.36. The summed E-state index contributed by atoms with van der Waals surface area (Å²) in [4.78, 5) is 12.6. The SMILES string of the molecule is Cc1ccc(N(C)c2ccc(C(=O)O)o2)c(C)c1. The van der Waals surface area contributed by atoms with Crippen LogP contribution in [0.1, 0.15) is 21.7 Å². The number of hydrogen-bond donors (Lipinski definition) is 1. The van der Waals surface area contributed by atoms with Crippen LogP contribution in [0.25, 0.3) is 0 Å². The van der Waals surface area contributed by atoms with Crippen molar-refractivity contribution in [3.05, 3.63) is 47.2 Å². The van der Waals surface area contributed by atoms with Gasteiger partial charge in [0, 0.05) is 18.8 Å². The number of nitrogens with zero attached hydrogens (tertiary/aromatic N) is 1. The maximum atomic E-state index is 10.8. The van der Waals surface area contributed by atoms with Crippen LogP contribution in [0.5, 0.6) is 0 Å². The molecule has 2 aromatic rings. The van der Waals surface area contributed by atoms with Crippen LogP contribution in [0.4, 0.5) is 11.6 Å². The van der Waals surface area contributed by atoms with Gasteiger partial charge in [-0.1, -0.05) is 17.7 Å². The summed E-state index contributed by atoms with van der Waals surface area (Å²) in [5, 5.41) is 8.83. The van der Waals surface area contributed by atoms with Crippen molar-refractivity contribution < 1.29 is 14.3 Å². The second-order valence-electron chi connectivity index (χ2n) is 4.29. The van der Waals surface area contributed by atoms with Crippen LogP contribution in [-0.4, -0.2) is 18.1 Å². The van der Waals surface area contributed by atoms with E-state index in [1.165, 1.54) is 11.6 Å². The molecule has 0 bridgehead atoms. The number of hydrogen-bond acceptors (Lipinski definition) is 3. The summed E-state index contributed by atoms with van der Waals surface area (Å²) in [7, 11) is 1.85. The van der Waals surface area contributed by atoms with E-state index >= 15 is 0 Å². The van der Waals surface area contributed by atoms with E-state index in [0.717, 1.165) is 11.3 Å². The Morgan fingerprint density at radius 3 is 2.50 bits per heavy atom. The third kappa shape index (κ3) is 2.22. The third-order valence-corrected chi connectivity index (χ3v) is 2.85. The molecule has 0 atom stereocenters. The Hall–Kier alpha value is -2.23. The van der Waals surface area contributed by atoms with Crippen molar-refractivity contribution >= 4 is 17.5 Å². The van der Waals surface area contributed by atoms with Crippen LogP contribution in [-0.2, 0) is 0 Å². The van der Waals surface area contributed by atoms with Gasteiger partial charge in [-0.25, -0.2) is 4.79 Å². The van der Waals surface area contributed by atoms with Gasteiger partial charge in [0.1, 0.15) is 0 Å². The van der Waals surface area contributed by atoms with Crippen LogP contribution < -0.4 is 4.90 Å². The van der Waals surface area contributed by atoms with Gasteiger partial charge in [0.05, 0.1) is 0 Å². The molecule has 0 aliphatic rings. The highest BCUT2D eigenvalue weighted by Crippen LogP contribution is 2.28. The van der Waals surface area contributed by atoms with Crippen molar-refractivity contribution in [1.29, 1.82) is 0 Å². The lowest BCUT2D eigenvalue weighted by molar-refractivity contribution is 0.0663. The van der Waals surface area contributed by atoms with Gasteiger partial charge >= 0.3 is 5.97 Å². The predicted molar refractivity (Wildman–Crippen MR) is 69.6 cm³/mol. The van der Waals surface area contributed by atoms with E-state index in [2.05, 4.69) is 6.07 Å². The number of anilines is 2. The summed E-state index contributed by atoms with van der Waals surface area (Å²) in [6.45, 7) is 4.05. The number of furan rings is 1.